The number of amides is 3. The van der Waals surface area contributed by atoms with E-state index in [1.165, 1.54) is 29.2 Å². The Morgan fingerprint density at radius 3 is 2.70 bits per heavy atom. The number of carbonyl (C=O) groups excluding carboxylic acids is 2. The lowest BCUT2D eigenvalue weighted by Gasteiger charge is -2.20. The van der Waals surface area contributed by atoms with Gasteiger partial charge in [0.2, 0.25) is 0 Å². The Hall–Kier alpha value is -3.08. The molecular weight excluding hydrogens is 419 g/mol. The molecule has 2 aromatic rings. The van der Waals surface area contributed by atoms with Crippen molar-refractivity contribution in [3.05, 3.63) is 53.9 Å². The fourth-order valence-corrected chi connectivity index (χ4v) is 3.92. The van der Waals surface area contributed by atoms with Gasteiger partial charge in [-0.05, 0) is 41.6 Å². The summed E-state index contributed by atoms with van der Waals surface area (Å²) in [5, 5.41) is 3.11. The Morgan fingerprint density at radius 2 is 1.97 bits per heavy atom. The Bertz CT molecular complexity index is 1030. The number of anilines is 1. The molecule has 11 heteroatoms. The number of pyridine rings is 1. The molecule has 0 spiro atoms. The second kappa shape index (κ2) is 7.98. The van der Waals surface area contributed by atoms with Crippen LogP contribution in [-0.2, 0) is 11.3 Å². The summed E-state index contributed by atoms with van der Waals surface area (Å²) in [7, 11) is 0. The monoisotopic (exact) mass is 435 g/mol. The number of alkyl halides is 3. The number of thioether (sulfide) groups is 1. The van der Waals surface area contributed by atoms with E-state index in [-0.39, 0.29) is 35.4 Å². The van der Waals surface area contributed by atoms with Gasteiger partial charge in [0.05, 0.1) is 12.2 Å². The molecule has 7 nitrogen and oxygen atoms in total. The number of halogens is 3. The molecule has 1 aromatic carbocycles. The molecule has 4 rings (SSSR count). The minimum absolute atomic E-state index is 0.0720. The second-order valence-electron chi connectivity index (χ2n) is 6.59. The van der Waals surface area contributed by atoms with Gasteiger partial charge < -0.3 is 10.2 Å². The highest BCUT2D eigenvalue weighted by Gasteiger charge is 2.40. The average molecular weight is 435 g/mol. The maximum absolute atomic E-state index is 12.9. The highest BCUT2D eigenvalue weighted by atomic mass is 32.2. The molecule has 156 valence electrons. The summed E-state index contributed by atoms with van der Waals surface area (Å²) >= 11 is -0.353. The lowest BCUT2D eigenvalue weighted by molar-refractivity contribution is -0.116. The van der Waals surface area contributed by atoms with E-state index >= 15 is 0 Å². The Balaban J connectivity index is 1.55. The topological polar surface area (TPSA) is 77.9 Å². The van der Waals surface area contributed by atoms with Crippen molar-refractivity contribution in [3.8, 4) is 0 Å². The molecule has 0 atom stereocenters. The first-order chi connectivity index (χ1) is 14.3. The lowest BCUT2D eigenvalue weighted by atomic mass is 10.2. The van der Waals surface area contributed by atoms with E-state index in [1.807, 2.05) is 0 Å². The molecule has 1 aromatic heterocycles. The van der Waals surface area contributed by atoms with Gasteiger partial charge in [-0.25, -0.2) is 9.69 Å². The standard InChI is InChI=1S/C19H16F3N5O2S/c20-19(21,22)30-15-4-2-1-3-14(15)27-16(28)11-26(18(27)29)10-12-5-6-23-13(9-12)17-24-7-8-25-17/h1-6,9H,7-8,10-11H2,(H,24,25). The number of aliphatic imine (C=N–C) groups is 1. The average Bonchev–Trinajstić information content (AvgIpc) is 3.31. The predicted molar refractivity (Wildman–Crippen MR) is 105 cm³/mol. The van der Waals surface area contributed by atoms with Crippen LogP contribution in [0, 0.1) is 0 Å². The summed E-state index contributed by atoms with van der Waals surface area (Å²) in [5.74, 6) is 0.0896. The van der Waals surface area contributed by atoms with Crippen LogP contribution in [0.5, 0.6) is 0 Å². The number of imide groups is 1. The number of benzene rings is 1. The Kier molecular flexibility index (Phi) is 5.37. The zero-order valence-electron chi connectivity index (χ0n) is 15.5. The number of hydrogen-bond acceptors (Lipinski definition) is 6. The highest BCUT2D eigenvalue weighted by Crippen LogP contribution is 2.42. The number of carbonyl (C=O) groups is 2. The summed E-state index contributed by atoms with van der Waals surface area (Å²) in [6, 6.07) is 8.31. The third-order valence-electron chi connectivity index (χ3n) is 4.48. The Labute approximate surface area is 174 Å². The second-order valence-corrected chi connectivity index (χ2v) is 7.70. The minimum atomic E-state index is -4.54. The van der Waals surface area contributed by atoms with Gasteiger partial charge in [-0.15, -0.1) is 0 Å². The molecule has 30 heavy (non-hydrogen) atoms. The van der Waals surface area contributed by atoms with Crippen molar-refractivity contribution in [3.63, 3.8) is 0 Å². The van der Waals surface area contributed by atoms with Crippen molar-refractivity contribution in [2.45, 2.75) is 16.9 Å². The van der Waals surface area contributed by atoms with Gasteiger partial charge in [-0.1, -0.05) is 12.1 Å². The molecular formula is C19H16F3N5O2S. The van der Waals surface area contributed by atoms with Crippen LogP contribution < -0.4 is 10.2 Å². The third kappa shape index (κ3) is 4.25. The van der Waals surface area contributed by atoms with Gasteiger partial charge >= 0.3 is 11.5 Å². The molecule has 1 saturated heterocycles. The third-order valence-corrected chi connectivity index (χ3v) is 5.28. The molecule has 3 amide bonds. The number of hydrogen-bond donors (Lipinski definition) is 1. The van der Waals surface area contributed by atoms with Crippen LogP contribution in [0.25, 0.3) is 0 Å². The molecule has 3 heterocycles. The van der Waals surface area contributed by atoms with E-state index in [4.69, 9.17) is 0 Å². The first-order valence-corrected chi connectivity index (χ1v) is 9.84. The number of urea groups is 1. The van der Waals surface area contributed by atoms with Crippen LogP contribution in [0.2, 0.25) is 0 Å². The van der Waals surface area contributed by atoms with E-state index in [0.29, 0.717) is 18.1 Å². The van der Waals surface area contributed by atoms with Crippen molar-refractivity contribution in [2.24, 2.45) is 4.99 Å². The van der Waals surface area contributed by atoms with Gasteiger partial charge in [-0.2, -0.15) is 13.2 Å². The predicted octanol–water partition coefficient (Wildman–Crippen LogP) is 3.01. The molecule has 0 saturated carbocycles. The van der Waals surface area contributed by atoms with Crippen molar-refractivity contribution >= 4 is 35.2 Å². The SMILES string of the molecule is O=C1CN(Cc2ccnc(C3=NCCN3)c2)C(=O)N1c1ccccc1SC(F)(F)F. The minimum Gasteiger partial charge on any atom is -0.367 e. The summed E-state index contributed by atoms with van der Waals surface area (Å²) < 4.78 is 38.6. The molecule has 0 aliphatic carbocycles. The maximum Gasteiger partial charge on any atom is 0.446 e. The summed E-state index contributed by atoms with van der Waals surface area (Å²) in [6.07, 6.45) is 1.59. The maximum atomic E-state index is 12.9. The van der Waals surface area contributed by atoms with Gasteiger partial charge in [0, 0.05) is 24.2 Å². The van der Waals surface area contributed by atoms with Crippen LogP contribution in [0.15, 0.2) is 52.5 Å². The summed E-state index contributed by atoms with van der Waals surface area (Å²) in [5.41, 5.74) is -3.24. The van der Waals surface area contributed by atoms with E-state index < -0.39 is 17.4 Å². The van der Waals surface area contributed by atoms with Crippen molar-refractivity contribution in [2.75, 3.05) is 24.5 Å². The van der Waals surface area contributed by atoms with E-state index in [0.717, 1.165) is 17.0 Å². The molecule has 1 N–H and O–H groups in total. The zero-order valence-corrected chi connectivity index (χ0v) is 16.3. The van der Waals surface area contributed by atoms with E-state index in [2.05, 4.69) is 15.3 Å². The first kappa shape index (κ1) is 20.2. The van der Waals surface area contributed by atoms with Gasteiger partial charge in [0.1, 0.15) is 18.1 Å². The van der Waals surface area contributed by atoms with Crippen LogP contribution in [-0.4, -0.2) is 52.8 Å². The van der Waals surface area contributed by atoms with Crippen molar-refractivity contribution < 1.29 is 22.8 Å². The van der Waals surface area contributed by atoms with E-state index in [1.54, 1.807) is 18.3 Å². The van der Waals surface area contributed by atoms with Gasteiger partial charge in [0.25, 0.3) is 5.91 Å². The summed E-state index contributed by atoms with van der Waals surface area (Å²) in [4.78, 5) is 35.8. The molecule has 0 bridgehead atoms. The van der Waals surface area contributed by atoms with Crippen LogP contribution >= 0.6 is 11.8 Å². The number of amidine groups is 1. The highest BCUT2D eigenvalue weighted by molar-refractivity contribution is 8.00. The smallest absolute Gasteiger partial charge is 0.367 e. The van der Waals surface area contributed by atoms with Crippen LogP contribution in [0.1, 0.15) is 11.3 Å². The largest absolute Gasteiger partial charge is 0.446 e. The first-order valence-electron chi connectivity index (χ1n) is 9.02. The lowest BCUT2D eigenvalue weighted by Crippen LogP contribution is -2.33. The summed E-state index contributed by atoms with van der Waals surface area (Å²) in [6.45, 7) is 1.29. The molecule has 0 unspecified atom stereocenters. The number of nitrogens with one attached hydrogen (secondary N) is 1. The van der Waals surface area contributed by atoms with Crippen molar-refractivity contribution in [1.29, 1.82) is 0 Å². The number of aromatic nitrogens is 1. The molecule has 2 aliphatic heterocycles. The molecule has 1 fully saturated rings. The number of nitrogens with zero attached hydrogens (tertiary/aromatic N) is 4. The molecule has 2 aliphatic rings. The number of para-hydroxylation sites is 1. The fourth-order valence-electron chi connectivity index (χ4n) is 3.26. The van der Waals surface area contributed by atoms with Crippen LogP contribution in [0.3, 0.4) is 0 Å². The quantitative estimate of drug-likeness (QED) is 0.577. The fraction of sp³-hybridized carbons (Fsp3) is 0.263. The van der Waals surface area contributed by atoms with Crippen molar-refractivity contribution in [1.82, 2.24) is 15.2 Å². The molecule has 0 radical (unpaired) electrons. The number of rotatable bonds is 5. The van der Waals surface area contributed by atoms with Crippen LogP contribution in [0.4, 0.5) is 23.7 Å². The zero-order chi connectivity index (χ0) is 21.3. The Morgan fingerprint density at radius 1 is 1.17 bits per heavy atom. The van der Waals surface area contributed by atoms with Gasteiger partial charge in [0.15, 0.2) is 0 Å². The van der Waals surface area contributed by atoms with E-state index in [9.17, 15) is 22.8 Å². The van der Waals surface area contributed by atoms with Gasteiger partial charge in [-0.3, -0.25) is 14.8 Å². The normalized spacial score (nSPS) is 16.8.